The smallest absolute Gasteiger partial charge is 0.254 e. The van der Waals surface area contributed by atoms with Gasteiger partial charge in [-0.2, -0.15) is 0 Å². The Morgan fingerprint density at radius 1 is 1.05 bits per heavy atom. The second-order valence-corrected chi connectivity index (χ2v) is 4.93. The lowest BCUT2D eigenvalue weighted by molar-refractivity contribution is 0.0684. The Kier molecular flexibility index (Phi) is 4.93. The third kappa shape index (κ3) is 3.33. The predicted molar refractivity (Wildman–Crippen MR) is 73.2 cm³/mol. The maximum absolute atomic E-state index is 12.3. The summed E-state index contributed by atoms with van der Waals surface area (Å²) >= 11 is 0. The maximum Gasteiger partial charge on any atom is 0.254 e. The Labute approximate surface area is 113 Å². The highest BCUT2D eigenvalue weighted by atomic mass is 16.3. The molecule has 4 heteroatoms. The van der Waals surface area contributed by atoms with Crippen molar-refractivity contribution < 1.29 is 15.0 Å². The summed E-state index contributed by atoms with van der Waals surface area (Å²) in [5, 5.41) is 18.0. The first kappa shape index (κ1) is 14.0. The predicted octanol–water partition coefficient (Wildman–Crippen LogP) is 0.992. The fraction of sp³-hybridized carbons (Fsp3) is 0.533. The summed E-state index contributed by atoms with van der Waals surface area (Å²) in [6.45, 7) is 0.348. The summed E-state index contributed by atoms with van der Waals surface area (Å²) in [7, 11) is 0. The van der Waals surface area contributed by atoms with Crippen LogP contribution < -0.4 is 0 Å². The van der Waals surface area contributed by atoms with Gasteiger partial charge in [0, 0.05) is 18.7 Å². The molecule has 1 amide bonds. The van der Waals surface area contributed by atoms with E-state index < -0.39 is 0 Å². The van der Waals surface area contributed by atoms with Gasteiger partial charge in [0.25, 0.3) is 5.91 Å². The summed E-state index contributed by atoms with van der Waals surface area (Å²) < 4.78 is 0. The molecule has 0 aliphatic heterocycles. The zero-order valence-electron chi connectivity index (χ0n) is 11.1. The highest BCUT2D eigenvalue weighted by Gasteiger charge is 2.17. The molecule has 2 rings (SSSR count). The first-order valence-corrected chi connectivity index (χ1v) is 6.89. The molecule has 0 saturated heterocycles. The van der Waals surface area contributed by atoms with E-state index in [0.717, 1.165) is 12.8 Å². The van der Waals surface area contributed by atoms with Gasteiger partial charge in [0.05, 0.1) is 13.2 Å². The SMILES string of the molecule is O=C(c1ccc2c(c1)CCCC2)N(CCO)CCO. The largest absolute Gasteiger partial charge is 0.395 e. The van der Waals surface area contributed by atoms with Crippen LogP contribution in [0.2, 0.25) is 0 Å². The van der Waals surface area contributed by atoms with Crippen molar-refractivity contribution in [2.75, 3.05) is 26.3 Å². The van der Waals surface area contributed by atoms with Crippen LogP contribution in [0.3, 0.4) is 0 Å². The van der Waals surface area contributed by atoms with Crippen LogP contribution in [0.25, 0.3) is 0 Å². The van der Waals surface area contributed by atoms with Gasteiger partial charge in [-0.05, 0) is 48.9 Å². The van der Waals surface area contributed by atoms with Crippen molar-refractivity contribution in [3.05, 3.63) is 34.9 Å². The second kappa shape index (κ2) is 6.68. The van der Waals surface area contributed by atoms with Gasteiger partial charge in [0.15, 0.2) is 0 Å². The van der Waals surface area contributed by atoms with Crippen molar-refractivity contribution in [3.63, 3.8) is 0 Å². The summed E-state index contributed by atoms with van der Waals surface area (Å²) in [4.78, 5) is 13.8. The van der Waals surface area contributed by atoms with Crippen LogP contribution >= 0.6 is 0 Å². The molecule has 1 aromatic rings. The van der Waals surface area contributed by atoms with Crippen molar-refractivity contribution in [1.82, 2.24) is 4.90 Å². The molecule has 104 valence electrons. The second-order valence-electron chi connectivity index (χ2n) is 4.93. The minimum atomic E-state index is -0.114. The van der Waals surface area contributed by atoms with Crippen LogP contribution in [0.4, 0.5) is 0 Å². The fourth-order valence-corrected chi connectivity index (χ4v) is 2.61. The van der Waals surface area contributed by atoms with Crippen LogP contribution in [0.5, 0.6) is 0 Å². The quantitative estimate of drug-likeness (QED) is 0.833. The molecule has 19 heavy (non-hydrogen) atoms. The van der Waals surface area contributed by atoms with E-state index in [2.05, 4.69) is 0 Å². The Hall–Kier alpha value is -1.39. The van der Waals surface area contributed by atoms with E-state index in [0.29, 0.717) is 5.56 Å². The summed E-state index contributed by atoms with van der Waals surface area (Å²) in [5.41, 5.74) is 3.27. The normalized spacial score (nSPS) is 14.0. The molecular weight excluding hydrogens is 242 g/mol. The molecule has 1 aliphatic rings. The van der Waals surface area contributed by atoms with Gasteiger partial charge < -0.3 is 15.1 Å². The standard InChI is InChI=1S/C15H21NO3/c17-9-7-16(8-10-18)15(19)14-6-5-12-3-1-2-4-13(12)11-14/h5-6,11,17-18H,1-4,7-10H2. The topological polar surface area (TPSA) is 60.8 Å². The zero-order valence-corrected chi connectivity index (χ0v) is 11.1. The zero-order chi connectivity index (χ0) is 13.7. The van der Waals surface area contributed by atoms with E-state index in [4.69, 9.17) is 10.2 Å². The average molecular weight is 263 g/mol. The molecular formula is C15H21NO3. The maximum atomic E-state index is 12.3. The van der Waals surface area contributed by atoms with Crippen molar-refractivity contribution >= 4 is 5.91 Å². The number of amides is 1. The van der Waals surface area contributed by atoms with E-state index in [1.54, 1.807) is 0 Å². The molecule has 0 bridgehead atoms. The van der Waals surface area contributed by atoms with Crippen LogP contribution in [0.1, 0.15) is 34.3 Å². The molecule has 4 nitrogen and oxygen atoms in total. The number of aliphatic hydroxyl groups is 2. The molecule has 0 atom stereocenters. The minimum absolute atomic E-state index is 0.0866. The Morgan fingerprint density at radius 2 is 1.68 bits per heavy atom. The first-order valence-electron chi connectivity index (χ1n) is 6.89. The molecule has 0 radical (unpaired) electrons. The van der Waals surface area contributed by atoms with Crippen molar-refractivity contribution in [2.45, 2.75) is 25.7 Å². The minimum Gasteiger partial charge on any atom is -0.395 e. The number of aliphatic hydroxyl groups excluding tert-OH is 2. The number of carbonyl (C=O) groups is 1. The number of nitrogens with zero attached hydrogens (tertiary/aromatic N) is 1. The number of fused-ring (bicyclic) bond motifs is 1. The Morgan fingerprint density at radius 3 is 2.32 bits per heavy atom. The van der Waals surface area contributed by atoms with Gasteiger partial charge in [-0.15, -0.1) is 0 Å². The molecule has 1 aromatic carbocycles. The number of rotatable bonds is 5. The van der Waals surface area contributed by atoms with E-state index in [1.165, 1.54) is 28.9 Å². The molecule has 0 heterocycles. The van der Waals surface area contributed by atoms with Crippen molar-refractivity contribution in [2.24, 2.45) is 0 Å². The lowest BCUT2D eigenvalue weighted by Crippen LogP contribution is -2.36. The molecule has 0 saturated carbocycles. The third-order valence-corrected chi connectivity index (χ3v) is 3.62. The van der Waals surface area contributed by atoms with E-state index in [-0.39, 0.29) is 32.2 Å². The molecule has 0 spiro atoms. The summed E-state index contributed by atoms with van der Waals surface area (Å²) in [6.07, 6.45) is 4.54. The number of benzene rings is 1. The van der Waals surface area contributed by atoms with Crippen LogP contribution in [-0.2, 0) is 12.8 Å². The van der Waals surface area contributed by atoms with Gasteiger partial charge in [0.2, 0.25) is 0 Å². The highest BCUT2D eigenvalue weighted by molar-refractivity contribution is 5.94. The third-order valence-electron chi connectivity index (χ3n) is 3.62. The van der Waals surface area contributed by atoms with Gasteiger partial charge in [-0.3, -0.25) is 4.79 Å². The van der Waals surface area contributed by atoms with E-state index in [1.807, 2.05) is 18.2 Å². The van der Waals surface area contributed by atoms with E-state index in [9.17, 15) is 4.79 Å². The van der Waals surface area contributed by atoms with Crippen molar-refractivity contribution in [1.29, 1.82) is 0 Å². The molecule has 0 aromatic heterocycles. The molecule has 2 N–H and O–H groups in total. The molecule has 0 unspecified atom stereocenters. The average Bonchev–Trinajstić information content (AvgIpc) is 2.46. The van der Waals surface area contributed by atoms with Gasteiger partial charge >= 0.3 is 0 Å². The number of aryl methyl sites for hydroxylation is 2. The summed E-state index contributed by atoms with van der Waals surface area (Å²) in [6, 6.07) is 5.87. The highest BCUT2D eigenvalue weighted by Crippen LogP contribution is 2.22. The number of hydrogen-bond acceptors (Lipinski definition) is 3. The molecule has 1 aliphatic carbocycles. The van der Waals surface area contributed by atoms with E-state index >= 15 is 0 Å². The lowest BCUT2D eigenvalue weighted by atomic mass is 9.90. The van der Waals surface area contributed by atoms with Crippen LogP contribution in [0, 0.1) is 0 Å². The first-order chi connectivity index (χ1) is 9.26. The number of carbonyl (C=O) groups excluding carboxylic acids is 1. The van der Waals surface area contributed by atoms with Gasteiger partial charge in [-0.1, -0.05) is 6.07 Å². The Bertz CT molecular complexity index is 439. The Balaban J connectivity index is 2.17. The van der Waals surface area contributed by atoms with Crippen LogP contribution in [-0.4, -0.2) is 47.3 Å². The summed E-state index contributed by atoms with van der Waals surface area (Å²) in [5.74, 6) is -0.114. The van der Waals surface area contributed by atoms with Crippen molar-refractivity contribution in [3.8, 4) is 0 Å². The van der Waals surface area contributed by atoms with Gasteiger partial charge in [-0.25, -0.2) is 0 Å². The van der Waals surface area contributed by atoms with Crippen LogP contribution in [0.15, 0.2) is 18.2 Å². The van der Waals surface area contributed by atoms with Gasteiger partial charge in [0.1, 0.15) is 0 Å². The number of hydrogen-bond donors (Lipinski definition) is 2. The fourth-order valence-electron chi connectivity index (χ4n) is 2.61. The lowest BCUT2D eigenvalue weighted by Gasteiger charge is -2.22. The molecule has 0 fully saturated rings. The monoisotopic (exact) mass is 263 g/mol.